The van der Waals surface area contributed by atoms with Gasteiger partial charge >= 0.3 is 0 Å². The fraction of sp³-hybridized carbons (Fsp3) is 0.562. The van der Waals surface area contributed by atoms with E-state index in [-0.39, 0.29) is 5.54 Å². The number of benzene rings is 1. The molecule has 19 heavy (non-hydrogen) atoms. The fourth-order valence-electron chi connectivity index (χ4n) is 3.57. The molecule has 0 saturated heterocycles. The van der Waals surface area contributed by atoms with Gasteiger partial charge < -0.3 is 10.3 Å². The Labute approximate surface area is 114 Å². The highest BCUT2D eigenvalue weighted by Crippen LogP contribution is 2.38. The van der Waals surface area contributed by atoms with Crippen molar-refractivity contribution in [1.82, 2.24) is 9.55 Å². The molecule has 1 heterocycles. The van der Waals surface area contributed by atoms with Gasteiger partial charge in [-0.1, -0.05) is 31.9 Å². The zero-order chi connectivity index (χ0) is 13.5. The van der Waals surface area contributed by atoms with Crippen molar-refractivity contribution in [1.29, 1.82) is 0 Å². The van der Waals surface area contributed by atoms with Crippen LogP contribution >= 0.6 is 0 Å². The van der Waals surface area contributed by atoms with Crippen molar-refractivity contribution in [2.75, 3.05) is 0 Å². The topological polar surface area (TPSA) is 43.8 Å². The number of para-hydroxylation sites is 2. The Balaban J connectivity index is 2.13. The van der Waals surface area contributed by atoms with E-state index in [2.05, 4.69) is 36.6 Å². The van der Waals surface area contributed by atoms with E-state index in [0.29, 0.717) is 5.92 Å². The lowest BCUT2D eigenvalue weighted by Crippen LogP contribution is -2.43. The molecule has 2 N–H and O–H groups in total. The minimum atomic E-state index is -0.243. The summed E-state index contributed by atoms with van der Waals surface area (Å²) in [6.45, 7) is 5.41. The maximum absolute atomic E-state index is 6.73. The van der Waals surface area contributed by atoms with E-state index in [1.807, 2.05) is 6.07 Å². The number of nitrogens with two attached hydrogens (primary N) is 1. The summed E-state index contributed by atoms with van der Waals surface area (Å²) in [4.78, 5) is 4.85. The Morgan fingerprint density at radius 3 is 2.95 bits per heavy atom. The van der Waals surface area contributed by atoms with Crippen LogP contribution in [0.15, 0.2) is 24.3 Å². The molecule has 1 aliphatic rings. The third-order valence-corrected chi connectivity index (χ3v) is 4.45. The third-order valence-electron chi connectivity index (χ3n) is 4.45. The molecule has 2 atom stereocenters. The summed E-state index contributed by atoms with van der Waals surface area (Å²) in [7, 11) is 0. The molecule has 0 amide bonds. The van der Waals surface area contributed by atoms with Gasteiger partial charge in [0.05, 0.1) is 16.6 Å². The Hall–Kier alpha value is -1.35. The summed E-state index contributed by atoms with van der Waals surface area (Å²) in [6.07, 6.45) is 4.62. The van der Waals surface area contributed by atoms with Gasteiger partial charge in [0.1, 0.15) is 5.82 Å². The number of hydrogen-bond acceptors (Lipinski definition) is 2. The van der Waals surface area contributed by atoms with Crippen molar-refractivity contribution in [2.45, 2.75) is 51.6 Å². The van der Waals surface area contributed by atoms with Crippen LogP contribution in [0.4, 0.5) is 0 Å². The molecule has 3 heteroatoms. The van der Waals surface area contributed by atoms with Crippen LogP contribution in [-0.4, -0.2) is 9.55 Å². The van der Waals surface area contributed by atoms with Crippen LogP contribution in [0.25, 0.3) is 11.0 Å². The largest absolute Gasteiger partial charge is 0.327 e. The maximum Gasteiger partial charge on any atom is 0.130 e. The van der Waals surface area contributed by atoms with Gasteiger partial charge in [0.15, 0.2) is 0 Å². The lowest BCUT2D eigenvalue weighted by molar-refractivity contribution is 0.223. The second kappa shape index (κ2) is 4.64. The fourth-order valence-corrected chi connectivity index (χ4v) is 3.57. The number of aryl methyl sites for hydroxylation is 1. The van der Waals surface area contributed by atoms with Crippen LogP contribution in [0, 0.1) is 5.92 Å². The molecular weight excluding hydrogens is 234 g/mol. The quantitative estimate of drug-likeness (QED) is 0.896. The summed E-state index contributed by atoms with van der Waals surface area (Å²) in [5.41, 5.74) is 8.77. The smallest absolute Gasteiger partial charge is 0.130 e. The number of nitrogens with zero attached hydrogens (tertiary/aromatic N) is 2. The van der Waals surface area contributed by atoms with Gasteiger partial charge in [0, 0.05) is 6.54 Å². The molecule has 0 spiro atoms. The van der Waals surface area contributed by atoms with E-state index >= 15 is 0 Å². The molecule has 0 radical (unpaired) electrons. The monoisotopic (exact) mass is 257 g/mol. The molecule has 3 rings (SSSR count). The number of fused-ring (bicyclic) bond motifs is 1. The summed E-state index contributed by atoms with van der Waals surface area (Å²) < 4.78 is 2.30. The van der Waals surface area contributed by atoms with Crippen molar-refractivity contribution in [3.05, 3.63) is 30.1 Å². The first-order valence-corrected chi connectivity index (χ1v) is 7.38. The highest BCUT2D eigenvalue weighted by molar-refractivity contribution is 5.76. The molecule has 1 aliphatic carbocycles. The molecule has 102 valence electrons. The first kappa shape index (κ1) is 12.7. The van der Waals surface area contributed by atoms with E-state index in [0.717, 1.165) is 30.7 Å². The molecular formula is C16H23N3. The van der Waals surface area contributed by atoms with Crippen molar-refractivity contribution in [2.24, 2.45) is 11.7 Å². The van der Waals surface area contributed by atoms with Crippen LogP contribution in [0.1, 0.15) is 45.4 Å². The van der Waals surface area contributed by atoms with E-state index in [1.54, 1.807) is 0 Å². The molecule has 3 nitrogen and oxygen atoms in total. The molecule has 1 saturated carbocycles. The van der Waals surface area contributed by atoms with Crippen molar-refractivity contribution in [3.63, 3.8) is 0 Å². The van der Waals surface area contributed by atoms with Crippen molar-refractivity contribution in [3.8, 4) is 0 Å². The highest BCUT2D eigenvalue weighted by atomic mass is 15.1. The summed E-state index contributed by atoms with van der Waals surface area (Å²) in [6, 6.07) is 8.35. The molecule has 0 aliphatic heterocycles. The van der Waals surface area contributed by atoms with Crippen molar-refractivity contribution >= 4 is 11.0 Å². The van der Waals surface area contributed by atoms with Gasteiger partial charge in [0.2, 0.25) is 0 Å². The van der Waals surface area contributed by atoms with Gasteiger partial charge in [-0.3, -0.25) is 0 Å². The zero-order valence-corrected chi connectivity index (χ0v) is 11.9. The number of imidazole rings is 1. The summed E-state index contributed by atoms with van der Waals surface area (Å²) >= 11 is 0. The van der Waals surface area contributed by atoms with Gasteiger partial charge in [-0.05, 0) is 37.8 Å². The van der Waals surface area contributed by atoms with E-state index in [9.17, 15) is 0 Å². The number of aromatic nitrogens is 2. The van der Waals surface area contributed by atoms with Gasteiger partial charge in [-0.25, -0.2) is 4.98 Å². The van der Waals surface area contributed by atoms with Crippen LogP contribution in [0.3, 0.4) is 0 Å². The number of rotatable bonds is 2. The lowest BCUT2D eigenvalue weighted by atomic mass is 9.76. The Kier molecular flexibility index (Phi) is 3.09. The standard InChI is InChI=1S/C16H23N3/c1-3-19-14-9-5-4-8-13(14)18-15(19)16(17)10-6-7-12(2)11-16/h4-5,8-9,12H,3,6-7,10-11,17H2,1-2H3. The minimum absolute atomic E-state index is 0.243. The molecule has 0 bridgehead atoms. The minimum Gasteiger partial charge on any atom is -0.327 e. The summed E-state index contributed by atoms with van der Waals surface area (Å²) in [5, 5.41) is 0. The maximum atomic E-state index is 6.73. The second-order valence-corrected chi connectivity index (χ2v) is 6.03. The van der Waals surface area contributed by atoms with Gasteiger partial charge in [-0.15, -0.1) is 0 Å². The second-order valence-electron chi connectivity index (χ2n) is 6.03. The normalized spacial score (nSPS) is 27.8. The van der Waals surface area contributed by atoms with E-state index in [4.69, 9.17) is 10.7 Å². The van der Waals surface area contributed by atoms with Crippen LogP contribution in [-0.2, 0) is 12.1 Å². The molecule has 2 unspecified atom stereocenters. The Bertz CT molecular complexity index is 587. The summed E-state index contributed by atoms with van der Waals surface area (Å²) in [5.74, 6) is 1.78. The van der Waals surface area contributed by atoms with Crippen LogP contribution in [0.2, 0.25) is 0 Å². The molecule has 1 aromatic heterocycles. The molecule has 1 fully saturated rings. The van der Waals surface area contributed by atoms with Crippen LogP contribution < -0.4 is 5.73 Å². The molecule has 2 aromatic rings. The number of hydrogen-bond donors (Lipinski definition) is 1. The average molecular weight is 257 g/mol. The molecule has 1 aromatic carbocycles. The lowest BCUT2D eigenvalue weighted by Gasteiger charge is -2.36. The average Bonchev–Trinajstić information content (AvgIpc) is 2.77. The first-order valence-electron chi connectivity index (χ1n) is 7.38. The zero-order valence-electron chi connectivity index (χ0n) is 11.9. The van der Waals surface area contributed by atoms with Gasteiger partial charge in [0.25, 0.3) is 0 Å². The van der Waals surface area contributed by atoms with E-state index in [1.165, 1.54) is 18.4 Å². The first-order chi connectivity index (χ1) is 9.14. The highest BCUT2D eigenvalue weighted by Gasteiger charge is 2.36. The predicted molar refractivity (Wildman–Crippen MR) is 78.9 cm³/mol. The predicted octanol–water partition coefficient (Wildman–Crippen LogP) is 3.42. The van der Waals surface area contributed by atoms with Gasteiger partial charge in [-0.2, -0.15) is 0 Å². The van der Waals surface area contributed by atoms with E-state index < -0.39 is 0 Å². The Morgan fingerprint density at radius 1 is 1.42 bits per heavy atom. The third kappa shape index (κ3) is 2.06. The van der Waals surface area contributed by atoms with Crippen LogP contribution in [0.5, 0.6) is 0 Å². The van der Waals surface area contributed by atoms with Crippen molar-refractivity contribution < 1.29 is 0 Å². The Morgan fingerprint density at radius 2 is 2.21 bits per heavy atom. The SMILES string of the molecule is CCn1c(C2(N)CCCC(C)C2)nc2ccccc21.